The number of nitrogens with one attached hydrogen (secondary N) is 2. The second kappa shape index (κ2) is 16.8. The van der Waals surface area contributed by atoms with Crippen LogP contribution in [0.2, 0.25) is 0 Å². The molecule has 59 heavy (non-hydrogen) atoms. The molecule has 7 rings (SSSR count). The minimum absolute atomic E-state index is 0.170. The van der Waals surface area contributed by atoms with Crippen LogP contribution >= 0.6 is 34.9 Å². The Kier molecular flexibility index (Phi) is 11.8. The Bertz CT molecular complexity index is 2280. The maximum absolute atomic E-state index is 14.0. The van der Waals surface area contributed by atoms with Crippen molar-refractivity contribution in [3.8, 4) is 0 Å². The Morgan fingerprint density at radius 3 is 2.10 bits per heavy atom. The molecular weight excluding hydrogens is 813 g/mol. The number of hydrogen-bond acceptors (Lipinski definition) is 14. The van der Waals surface area contributed by atoms with Crippen molar-refractivity contribution in [2.24, 2.45) is 5.16 Å². The molecule has 14 nitrogen and oxygen atoms in total. The zero-order chi connectivity index (χ0) is 42.0. The first-order valence-electron chi connectivity index (χ1n) is 18.4. The van der Waals surface area contributed by atoms with E-state index in [0.717, 1.165) is 33.4 Å². The fourth-order valence-electron chi connectivity index (χ4n) is 7.05. The third-order valence-electron chi connectivity index (χ3n) is 9.65. The SMILES string of the molecule is CON=C(C(=O)NC1C(=O)N2C1CSC(Sc1cccc([N+](=O)[O-])c1)C2(O)C(=O)OC(C)(C)C)c1csc(NC(c2ccccc2)(c2ccccc2)c2ccccc2)n1. The number of benzene rings is 4. The topological polar surface area (TPSA) is 186 Å². The minimum atomic E-state index is -2.49. The van der Waals surface area contributed by atoms with Gasteiger partial charge >= 0.3 is 5.97 Å². The van der Waals surface area contributed by atoms with Gasteiger partial charge in [-0.3, -0.25) is 24.6 Å². The monoisotopic (exact) mass is 852 g/mol. The number of ether oxygens (including phenoxy) is 1. The van der Waals surface area contributed by atoms with Crippen molar-refractivity contribution in [1.82, 2.24) is 15.2 Å². The molecule has 2 amide bonds. The molecule has 2 fully saturated rings. The number of nitro groups is 1. The van der Waals surface area contributed by atoms with Gasteiger partial charge in [0.05, 0.1) is 11.0 Å². The van der Waals surface area contributed by atoms with Crippen LogP contribution in [0.25, 0.3) is 0 Å². The van der Waals surface area contributed by atoms with Gasteiger partial charge in [0.2, 0.25) is 5.91 Å². The Balaban J connectivity index is 1.15. The van der Waals surface area contributed by atoms with Crippen molar-refractivity contribution in [3.05, 3.63) is 153 Å². The van der Waals surface area contributed by atoms with E-state index in [-0.39, 0.29) is 22.8 Å². The number of thioether (sulfide) groups is 2. The molecule has 304 valence electrons. The van der Waals surface area contributed by atoms with Crippen LogP contribution in [0.1, 0.15) is 43.2 Å². The van der Waals surface area contributed by atoms with Gasteiger partial charge in [0.15, 0.2) is 10.8 Å². The molecule has 2 aliphatic rings. The summed E-state index contributed by atoms with van der Waals surface area (Å²) in [5.41, 5.74) is -1.74. The highest BCUT2D eigenvalue weighted by Crippen LogP contribution is 2.50. The van der Waals surface area contributed by atoms with Gasteiger partial charge in [-0.05, 0) is 43.5 Å². The fourth-order valence-corrected chi connectivity index (χ4v) is 10.8. The number of hydrogen-bond donors (Lipinski definition) is 3. The van der Waals surface area contributed by atoms with Crippen LogP contribution in [-0.4, -0.2) is 84.3 Å². The highest BCUT2D eigenvalue weighted by atomic mass is 32.2. The molecule has 1 aromatic heterocycles. The Labute approximate surface area is 352 Å². The zero-order valence-electron chi connectivity index (χ0n) is 32.3. The van der Waals surface area contributed by atoms with E-state index in [1.54, 1.807) is 32.2 Å². The molecule has 4 unspecified atom stereocenters. The average Bonchev–Trinajstić information content (AvgIpc) is 3.69. The van der Waals surface area contributed by atoms with Gasteiger partial charge in [0, 0.05) is 28.2 Å². The molecule has 3 N–H and O–H groups in total. The molecule has 5 aromatic rings. The second-order valence-corrected chi connectivity index (χ2v) is 18.1. The van der Waals surface area contributed by atoms with Gasteiger partial charge < -0.3 is 25.3 Å². The molecule has 17 heteroatoms. The first kappa shape index (κ1) is 41.4. The molecule has 4 aromatic carbocycles. The van der Waals surface area contributed by atoms with Crippen LogP contribution in [0.3, 0.4) is 0 Å². The van der Waals surface area contributed by atoms with E-state index in [0.29, 0.717) is 10.0 Å². The van der Waals surface area contributed by atoms with Crippen molar-refractivity contribution in [1.29, 1.82) is 0 Å². The molecule has 4 atom stereocenters. The Morgan fingerprint density at radius 2 is 1.56 bits per heavy atom. The maximum atomic E-state index is 14.0. The molecule has 0 saturated carbocycles. The molecule has 2 aliphatic heterocycles. The van der Waals surface area contributed by atoms with Crippen LogP contribution in [0.5, 0.6) is 0 Å². The number of carbonyl (C=O) groups is 3. The van der Waals surface area contributed by atoms with Gasteiger partial charge in [0.25, 0.3) is 17.3 Å². The molecule has 0 aliphatic carbocycles. The Morgan fingerprint density at radius 1 is 0.966 bits per heavy atom. The zero-order valence-corrected chi connectivity index (χ0v) is 34.8. The summed E-state index contributed by atoms with van der Waals surface area (Å²) < 4.78 is 4.59. The number of thiazole rings is 1. The first-order chi connectivity index (χ1) is 28.3. The standard InChI is InChI=1S/C42H40N6O8S3/c1-40(2,3)56-37(51)42(52)38(59-30-22-14-21-29(23-30)48(53)54)57-25-32-34(36(50)47(32)42)44-35(49)33(46-55-4)31-24-58-39(43-31)45-41(26-15-8-5-9-16-26,27-17-10-6-11-18-27)28-19-12-7-13-20-28/h5-24,32,34,38,52H,25H2,1-4H3,(H,43,45)(H,44,49). The summed E-state index contributed by atoms with van der Waals surface area (Å²) in [4.78, 5) is 64.0. The summed E-state index contributed by atoms with van der Waals surface area (Å²) in [5.74, 6) is -2.35. The van der Waals surface area contributed by atoms with E-state index in [4.69, 9.17) is 14.6 Å². The minimum Gasteiger partial charge on any atom is -0.456 e. The predicted octanol–water partition coefficient (Wildman–Crippen LogP) is 6.40. The van der Waals surface area contributed by atoms with Crippen molar-refractivity contribution >= 4 is 69.2 Å². The summed E-state index contributed by atoms with van der Waals surface area (Å²) in [6.45, 7) is 4.89. The van der Waals surface area contributed by atoms with Crippen LogP contribution < -0.4 is 10.6 Å². The van der Waals surface area contributed by atoms with Crippen molar-refractivity contribution in [2.75, 3.05) is 18.2 Å². The van der Waals surface area contributed by atoms with Gasteiger partial charge in [-0.2, -0.15) is 0 Å². The summed E-state index contributed by atoms with van der Waals surface area (Å²) in [6, 6.07) is 33.7. The van der Waals surface area contributed by atoms with Crippen LogP contribution in [-0.2, 0) is 29.5 Å². The number of rotatable bonds is 13. The number of fused-ring (bicyclic) bond motifs is 1. The first-order valence-corrected chi connectivity index (χ1v) is 21.2. The van der Waals surface area contributed by atoms with E-state index in [2.05, 4.69) is 15.8 Å². The smallest absolute Gasteiger partial charge is 0.362 e. The molecule has 0 bridgehead atoms. The van der Waals surface area contributed by atoms with E-state index in [1.165, 1.54) is 48.4 Å². The van der Waals surface area contributed by atoms with Gasteiger partial charge in [0.1, 0.15) is 34.6 Å². The molecular formula is C42H40N6O8S3. The lowest BCUT2D eigenvalue weighted by molar-refractivity contribution is -0.385. The number of β-lactam (4-membered cyclic amide) rings is 1. The van der Waals surface area contributed by atoms with Crippen molar-refractivity contribution in [2.45, 2.75) is 59.2 Å². The maximum Gasteiger partial charge on any atom is 0.362 e. The molecule has 0 radical (unpaired) electrons. The largest absolute Gasteiger partial charge is 0.456 e. The number of nitrogens with zero attached hydrogens (tertiary/aromatic N) is 4. The highest BCUT2D eigenvalue weighted by Gasteiger charge is 2.67. The number of oxime groups is 1. The van der Waals surface area contributed by atoms with Gasteiger partial charge in [-0.1, -0.05) is 102 Å². The lowest BCUT2D eigenvalue weighted by Gasteiger charge is -2.58. The summed E-state index contributed by atoms with van der Waals surface area (Å²) in [5, 5.41) is 36.2. The quantitative estimate of drug-likeness (QED) is 0.0296. The van der Waals surface area contributed by atoms with E-state index >= 15 is 0 Å². The van der Waals surface area contributed by atoms with Gasteiger partial charge in [-0.25, -0.2) is 9.78 Å². The normalized spacial score (nSPS) is 20.5. The van der Waals surface area contributed by atoms with Crippen molar-refractivity contribution in [3.63, 3.8) is 0 Å². The fraction of sp³-hybridized carbons (Fsp3) is 0.262. The second-order valence-electron chi connectivity index (χ2n) is 14.6. The molecule has 0 spiro atoms. The number of non-ortho nitro benzene ring substituents is 1. The van der Waals surface area contributed by atoms with E-state index in [1.807, 2.05) is 91.0 Å². The number of amides is 2. The average molecular weight is 853 g/mol. The van der Waals surface area contributed by atoms with Crippen LogP contribution in [0, 0.1) is 10.1 Å². The number of nitro benzene ring substituents is 1. The van der Waals surface area contributed by atoms with E-state index < -0.39 is 56.2 Å². The van der Waals surface area contributed by atoms with E-state index in [9.17, 15) is 29.6 Å². The lowest BCUT2D eigenvalue weighted by atomic mass is 9.77. The molecule has 3 heterocycles. The third-order valence-corrected chi connectivity index (χ3v) is 13.3. The summed E-state index contributed by atoms with van der Waals surface area (Å²) in [6.07, 6.45) is 0. The number of aliphatic hydroxyl groups is 1. The number of esters is 1. The predicted molar refractivity (Wildman–Crippen MR) is 227 cm³/mol. The molecule has 2 saturated heterocycles. The Hall–Kier alpha value is -5.75. The van der Waals surface area contributed by atoms with Crippen LogP contribution in [0.4, 0.5) is 10.8 Å². The van der Waals surface area contributed by atoms with Gasteiger partial charge in [-0.15, -0.1) is 34.9 Å². The number of anilines is 1. The highest BCUT2D eigenvalue weighted by molar-refractivity contribution is 8.17. The number of aromatic nitrogens is 1. The summed E-state index contributed by atoms with van der Waals surface area (Å²) >= 11 is 3.43. The van der Waals surface area contributed by atoms with Crippen molar-refractivity contribution < 1.29 is 34.0 Å². The lowest BCUT2D eigenvalue weighted by Crippen LogP contribution is -2.83. The number of carbonyl (C=O) groups excluding carboxylic acids is 3. The van der Waals surface area contributed by atoms with Crippen LogP contribution in [0.15, 0.2) is 131 Å². The third kappa shape index (κ3) is 8.15. The summed E-state index contributed by atoms with van der Waals surface area (Å²) in [7, 11) is 1.29.